The highest BCUT2D eigenvalue weighted by atomic mass is 79.9. The zero-order valence-corrected chi connectivity index (χ0v) is 11.6. The molecule has 2 aromatic carbocycles. The van der Waals surface area contributed by atoms with Crippen LogP contribution < -0.4 is 5.32 Å². The van der Waals surface area contributed by atoms with E-state index in [1.54, 1.807) is 12.1 Å². The van der Waals surface area contributed by atoms with E-state index in [4.69, 9.17) is 0 Å². The number of hydrogen-bond acceptors (Lipinski definition) is 1. The topological polar surface area (TPSA) is 29.1 Å². The largest absolute Gasteiger partial charge is 0.322 e. The zero-order chi connectivity index (χ0) is 14.0. The van der Waals surface area contributed by atoms with Crippen LogP contribution in [0.3, 0.4) is 0 Å². The maximum absolute atomic E-state index is 13.0. The molecule has 2 nitrogen and oxygen atoms in total. The molecule has 19 heavy (non-hydrogen) atoms. The number of rotatable bonds is 2. The van der Waals surface area contributed by atoms with Gasteiger partial charge in [-0.15, -0.1) is 0 Å². The summed E-state index contributed by atoms with van der Waals surface area (Å²) in [5.41, 5.74) is 1.39. The van der Waals surface area contributed by atoms with E-state index in [0.717, 1.165) is 28.2 Å². The van der Waals surface area contributed by atoms with Gasteiger partial charge >= 0.3 is 0 Å². The Morgan fingerprint density at radius 3 is 2.32 bits per heavy atom. The van der Waals surface area contributed by atoms with Crippen LogP contribution >= 0.6 is 15.9 Å². The van der Waals surface area contributed by atoms with E-state index < -0.39 is 17.5 Å². The molecule has 0 unspecified atom stereocenters. The van der Waals surface area contributed by atoms with Crippen molar-refractivity contribution in [3.8, 4) is 0 Å². The smallest absolute Gasteiger partial charge is 0.255 e. The van der Waals surface area contributed by atoms with Crippen molar-refractivity contribution in [3.05, 3.63) is 63.6 Å². The molecule has 0 aliphatic rings. The molecule has 5 heteroatoms. The van der Waals surface area contributed by atoms with Crippen LogP contribution in [0.25, 0.3) is 0 Å². The molecule has 0 saturated heterocycles. The second-order valence-corrected chi connectivity index (χ2v) is 4.99. The number of halogens is 3. The molecule has 1 N–H and O–H groups in total. The number of carbonyl (C=O) groups excluding carboxylic acids is 1. The number of anilines is 1. The lowest BCUT2D eigenvalue weighted by molar-refractivity contribution is 0.102. The second-order valence-electron chi connectivity index (χ2n) is 4.07. The molecule has 0 aliphatic heterocycles. The third-order valence-electron chi connectivity index (χ3n) is 2.56. The first-order valence-electron chi connectivity index (χ1n) is 5.49. The maximum atomic E-state index is 13.0. The van der Waals surface area contributed by atoms with Crippen molar-refractivity contribution >= 4 is 27.5 Å². The maximum Gasteiger partial charge on any atom is 0.255 e. The third-order valence-corrected chi connectivity index (χ3v) is 3.05. The molecule has 2 rings (SSSR count). The zero-order valence-electron chi connectivity index (χ0n) is 10.0. The highest BCUT2D eigenvalue weighted by molar-refractivity contribution is 9.10. The minimum atomic E-state index is -0.780. The summed E-state index contributed by atoms with van der Waals surface area (Å²) in [5, 5.41) is 2.62. The van der Waals surface area contributed by atoms with Gasteiger partial charge in [-0.3, -0.25) is 4.79 Å². The van der Waals surface area contributed by atoms with E-state index in [9.17, 15) is 13.6 Å². The number of benzene rings is 2. The SMILES string of the molecule is Cc1cc(Br)ccc1NC(=O)c1cc(F)cc(F)c1. The Kier molecular flexibility index (Phi) is 3.95. The molecular formula is C14H10BrF2NO. The Balaban J connectivity index is 2.25. The molecule has 0 aromatic heterocycles. The van der Waals surface area contributed by atoms with E-state index >= 15 is 0 Å². The number of carbonyl (C=O) groups is 1. The van der Waals surface area contributed by atoms with E-state index in [1.807, 2.05) is 13.0 Å². The van der Waals surface area contributed by atoms with Gasteiger partial charge in [0.1, 0.15) is 11.6 Å². The van der Waals surface area contributed by atoms with Crippen LogP contribution in [0.4, 0.5) is 14.5 Å². The van der Waals surface area contributed by atoms with Crippen molar-refractivity contribution in [2.75, 3.05) is 5.32 Å². The van der Waals surface area contributed by atoms with Gasteiger partial charge in [-0.05, 0) is 42.8 Å². The predicted molar refractivity (Wildman–Crippen MR) is 73.2 cm³/mol. The normalized spacial score (nSPS) is 10.3. The molecule has 0 atom stereocenters. The summed E-state index contributed by atoms with van der Waals surface area (Å²) in [4.78, 5) is 11.9. The van der Waals surface area contributed by atoms with Crippen LogP contribution in [0.2, 0.25) is 0 Å². The van der Waals surface area contributed by atoms with Gasteiger partial charge in [0.15, 0.2) is 0 Å². The van der Waals surface area contributed by atoms with Gasteiger partial charge in [-0.2, -0.15) is 0 Å². The molecule has 0 radical (unpaired) electrons. The van der Waals surface area contributed by atoms with Crippen LogP contribution in [0.15, 0.2) is 40.9 Å². The summed E-state index contributed by atoms with van der Waals surface area (Å²) in [6, 6.07) is 8.03. The van der Waals surface area contributed by atoms with Crippen LogP contribution in [0, 0.1) is 18.6 Å². The summed E-state index contributed by atoms with van der Waals surface area (Å²) in [6.45, 7) is 1.83. The van der Waals surface area contributed by atoms with Gasteiger partial charge in [-0.1, -0.05) is 15.9 Å². The molecule has 1 amide bonds. The first-order valence-corrected chi connectivity index (χ1v) is 6.28. The minimum Gasteiger partial charge on any atom is -0.322 e. The monoisotopic (exact) mass is 325 g/mol. The van der Waals surface area contributed by atoms with Gasteiger partial charge in [-0.25, -0.2) is 8.78 Å². The van der Waals surface area contributed by atoms with Crippen LogP contribution in [0.5, 0.6) is 0 Å². The van der Waals surface area contributed by atoms with Crippen molar-refractivity contribution in [2.45, 2.75) is 6.92 Å². The molecule has 0 aliphatic carbocycles. The van der Waals surface area contributed by atoms with Crippen molar-refractivity contribution in [1.82, 2.24) is 0 Å². The predicted octanol–water partition coefficient (Wildman–Crippen LogP) is 4.29. The Labute approximate surface area is 117 Å². The average molecular weight is 326 g/mol. The fraction of sp³-hybridized carbons (Fsp3) is 0.0714. The van der Waals surface area contributed by atoms with E-state index in [2.05, 4.69) is 21.2 Å². The Hall–Kier alpha value is -1.75. The standard InChI is InChI=1S/C14H10BrF2NO/c1-8-4-10(15)2-3-13(8)18-14(19)9-5-11(16)7-12(17)6-9/h2-7H,1H3,(H,18,19). The van der Waals surface area contributed by atoms with Gasteiger partial charge < -0.3 is 5.32 Å². The second kappa shape index (κ2) is 5.48. The first kappa shape index (κ1) is 13.7. The number of nitrogens with one attached hydrogen (secondary N) is 1. The third kappa shape index (κ3) is 3.38. The fourth-order valence-electron chi connectivity index (χ4n) is 1.65. The lowest BCUT2D eigenvalue weighted by atomic mass is 10.1. The highest BCUT2D eigenvalue weighted by Crippen LogP contribution is 2.21. The Morgan fingerprint density at radius 1 is 1.11 bits per heavy atom. The molecular weight excluding hydrogens is 316 g/mol. The molecule has 0 spiro atoms. The highest BCUT2D eigenvalue weighted by Gasteiger charge is 2.10. The first-order chi connectivity index (χ1) is 8.95. The fourth-order valence-corrected chi connectivity index (χ4v) is 2.12. The quantitative estimate of drug-likeness (QED) is 0.876. The molecule has 0 bridgehead atoms. The number of amides is 1. The Morgan fingerprint density at radius 2 is 1.74 bits per heavy atom. The van der Waals surface area contributed by atoms with Gasteiger partial charge in [0.05, 0.1) is 0 Å². The molecule has 98 valence electrons. The van der Waals surface area contributed by atoms with E-state index in [0.29, 0.717) is 5.69 Å². The van der Waals surface area contributed by atoms with Crippen molar-refractivity contribution in [1.29, 1.82) is 0 Å². The van der Waals surface area contributed by atoms with Crippen LogP contribution in [-0.2, 0) is 0 Å². The van der Waals surface area contributed by atoms with Crippen molar-refractivity contribution < 1.29 is 13.6 Å². The van der Waals surface area contributed by atoms with E-state index in [-0.39, 0.29) is 5.56 Å². The summed E-state index contributed by atoms with van der Waals surface area (Å²) >= 11 is 3.31. The summed E-state index contributed by atoms with van der Waals surface area (Å²) < 4.78 is 27.0. The molecule has 0 saturated carbocycles. The summed E-state index contributed by atoms with van der Waals surface area (Å²) in [7, 11) is 0. The van der Waals surface area contributed by atoms with Crippen LogP contribution in [0.1, 0.15) is 15.9 Å². The van der Waals surface area contributed by atoms with E-state index in [1.165, 1.54) is 0 Å². The minimum absolute atomic E-state index is 0.0557. The Bertz CT molecular complexity index is 623. The summed E-state index contributed by atoms with van der Waals surface area (Å²) in [6.07, 6.45) is 0. The molecule has 0 heterocycles. The number of aryl methyl sites for hydroxylation is 1. The van der Waals surface area contributed by atoms with Crippen molar-refractivity contribution in [2.24, 2.45) is 0 Å². The average Bonchev–Trinajstić information content (AvgIpc) is 2.31. The van der Waals surface area contributed by atoms with Gasteiger partial charge in [0, 0.05) is 21.8 Å². The lowest BCUT2D eigenvalue weighted by Crippen LogP contribution is -2.13. The molecule has 2 aromatic rings. The number of hydrogen-bond donors (Lipinski definition) is 1. The van der Waals surface area contributed by atoms with Gasteiger partial charge in [0.25, 0.3) is 5.91 Å². The van der Waals surface area contributed by atoms with Crippen molar-refractivity contribution in [3.63, 3.8) is 0 Å². The van der Waals surface area contributed by atoms with Crippen LogP contribution in [-0.4, -0.2) is 5.91 Å². The van der Waals surface area contributed by atoms with Gasteiger partial charge in [0.2, 0.25) is 0 Å². The molecule has 0 fully saturated rings. The lowest BCUT2D eigenvalue weighted by Gasteiger charge is -2.09. The summed E-state index contributed by atoms with van der Waals surface area (Å²) in [5.74, 6) is -2.11.